The van der Waals surface area contributed by atoms with Gasteiger partial charge in [-0.15, -0.1) is 0 Å². The molecule has 0 fully saturated rings. The van der Waals surface area contributed by atoms with Crippen LogP contribution in [0.3, 0.4) is 0 Å². The largest absolute Gasteiger partial charge is 0.504 e. The van der Waals surface area contributed by atoms with Gasteiger partial charge in [-0.2, -0.15) is 13.2 Å². The first-order valence-corrected chi connectivity index (χ1v) is 7.68. The van der Waals surface area contributed by atoms with Gasteiger partial charge in [-0.25, -0.2) is 4.79 Å². The average Bonchev–Trinajstić information content (AvgIpc) is 2.61. The second-order valence-corrected chi connectivity index (χ2v) is 5.47. The van der Waals surface area contributed by atoms with Crippen LogP contribution >= 0.6 is 0 Å². The third-order valence-corrected chi connectivity index (χ3v) is 3.55. The summed E-state index contributed by atoms with van der Waals surface area (Å²) in [7, 11) is 1.30. The predicted molar refractivity (Wildman–Crippen MR) is 89.6 cm³/mol. The van der Waals surface area contributed by atoms with Gasteiger partial charge in [0.1, 0.15) is 5.56 Å². The summed E-state index contributed by atoms with van der Waals surface area (Å²) in [5, 5.41) is 12.2. The summed E-state index contributed by atoms with van der Waals surface area (Å²) in [5.41, 5.74) is -1.23. The minimum Gasteiger partial charge on any atom is -0.504 e. The molecular formula is C18H16F3NO5. The number of phenols is 1. The van der Waals surface area contributed by atoms with E-state index in [9.17, 15) is 27.9 Å². The van der Waals surface area contributed by atoms with Gasteiger partial charge in [-0.3, -0.25) is 4.79 Å². The predicted octanol–water partition coefficient (Wildman–Crippen LogP) is 3.60. The number of nitrogens with one attached hydrogen (secondary N) is 1. The number of anilines is 1. The van der Waals surface area contributed by atoms with Crippen molar-refractivity contribution in [2.45, 2.75) is 19.2 Å². The molecule has 0 radical (unpaired) electrons. The molecule has 27 heavy (non-hydrogen) atoms. The van der Waals surface area contributed by atoms with E-state index in [0.29, 0.717) is 0 Å². The first kappa shape index (κ1) is 20.1. The fraction of sp³-hybridized carbons (Fsp3) is 0.222. The number of esters is 1. The molecule has 6 nitrogen and oxygen atoms in total. The van der Waals surface area contributed by atoms with Gasteiger partial charge in [0.15, 0.2) is 17.6 Å². The van der Waals surface area contributed by atoms with Gasteiger partial charge in [0, 0.05) is 5.69 Å². The summed E-state index contributed by atoms with van der Waals surface area (Å²) in [6.45, 7) is 1.25. The first-order chi connectivity index (χ1) is 12.6. The van der Waals surface area contributed by atoms with Crippen molar-refractivity contribution in [2.75, 3.05) is 12.4 Å². The number of rotatable bonds is 5. The maximum Gasteiger partial charge on any atom is 0.416 e. The zero-order chi connectivity index (χ0) is 20.2. The molecule has 0 heterocycles. The molecule has 9 heteroatoms. The number of halogens is 3. The second kappa shape index (κ2) is 7.98. The molecule has 2 rings (SSSR count). The Morgan fingerprint density at radius 1 is 1.15 bits per heavy atom. The number of amides is 1. The SMILES string of the molecule is COc1cccc(C(=O)O[C@H](C)C(=O)Nc2cccc(C(F)(F)F)c2)c1O. The molecular weight excluding hydrogens is 367 g/mol. The van der Waals surface area contributed by atoms with Crippen molar-refractivity contribution in [3.8, 4) is 11.5 Å². The molecule has 2 aromatic rings. The van der Waals surface area contributed by atoms with Gasteiger partial charge in [-0.1, -0.05) is 12.1 Å². The molecule has 0 aliphatic carbocycles. The van der Waals surface area contributed by atoms with Crippen LogP contribution in [0.25, 0.3) is 0 Å². The number of benzene rings is 2. The molecule has 144 valence electrons. The van der Waals surface area contributed by atoms with Crippen molar-refractivity contribution in [3.63, 3.8) is 0 Å². The number of methoxy groups -OCH3 is 1. The Hall–Kier alpha value is -3.23. The highest BCUT2D eigenvalue weighted by molar-refractivity contribution is 5.98. The lowest BCUT2D eigenvalue weighted by atomic mass is 10.2. The van der Waals surface area contributed by atoms with Crippen LogP contribution in [-0.4, -0.2) is 30.2 Å². The molecule has 2 N–H and O–H groups in total. The maximum absolute atomic E-state index is 12.7. The lowest BCUT2D eigenvalue weighted by Crippen LogP contribution is -2.30. The van der Waals surface area contributed by atoms with Crippen molar-refractivity contribution in [2.24, 2.45) is 0 Å². The van der Waals surface area contributed by atoms with Crippen molar-refractivity contribution in [1.29, 1.82) is 0 Å². The van der Waals surface area contributed by atoms with E-state index in [1.54, 1.807) is 0 Å². The average molecular weight is 383 g/mol. The number of alkyl halides is 3. The molecule has 0 unspecified atom stereocenters. The molecule has 0 aliphatic heterocycles. The quantitative estimate of drug-likeness (QED) is 0.771. The summed E-state index contributed by atoms with van der Waals surface area (Å²) in [5.74, 6) is -2.22. The van der Waals surface area contributed by atoms with Gasteiger partial charge in [0.2, 0.25) is 0 Å². The van der Waals surface area contributed by atoms with E-state index in [4.69, 9.17) is 9.47 Å². The highest BCUT2D eigenvalue weighted by atomic mass is 19.4. The van der Waals surface area contributed by atoms with Gasteiger partial charge < -0.3 is 19.9 Å². The molecule has 1 amide bonds. The summed E-state index contributed by atoms with van der Waals surface area (Å²) in [6.07, 6.45) is -5.87. The van der Waals surface area contributed by atoms with Gasteiger partial charge in [0.25, 0.3) is 5.91 Å². The summed E-state index contributed by atoms with van der Waals surface area (Å²) >= 11 is 0. The lowest BCUT2D eigenvalue weighted by Gasteiger charge is -2.15. The van der Waals surface area contributed by atoms with Crippen LogP contribution in [0.4, 0.5) is 18.9 Å². The molecule has 1 atom stereocenters. The number of hydrogen-bond donors (Lipinski definition) is 2. The third-order valence-electron chi connectivity index (χ3n) is 3.55. The third kappa shape index (κ3) is 4.90. The molecule has 0 spiro atoms. The number of carbonyl (C=O) groups is 2. The monoisotopic (exact) mass is 383 g/mol. The van der Waals surface area contributed by atoms with Crippen LogP contribution in [0.15, 0.2) is 42.5 Å². The van der Waals surface area contributed by atoms with Crippen LogP contribution in [-0.2, 0) is 15.7 Å². The van der Waals surface area contributed by atoms with E-state index in [0.717, 1.165) is 18.2 Å². The molecule has 0 aliphatic rings. The number of carbonyl (C=O) groups excluding carboxylic acids is 2. The molecule has 0 bridgehead atoms. The molecule has 0 aromatic heterocycles. The molecule has 2 aromatic carbocycles. The Morgan fingerprint density at radius 2 is 1.81 bits per heavy atom. The van der Waals surface area contributed by atoms with Gasteiger partial charge >= 0.3 is 12.1 Å². The van der Waals surface area contributed by atoms with Crippen molar-refractivity contribution in [1.82, 2.24) is 0 Å². The highest BCUT2D eigenvalue weighted by Gasteiger charge is 2.30. The maximum atomic E-state index is 12.7. The Balaban J connectivity index is 2.07. The smallest absolute Gasteiger partial charge is 0.416 e. The fourth-order valence-corrected chi connectivity index (χ4v) is 2.15. The normalized spacial score (nSPS) is 12.2. The Bertz CT molecular complexity index is 851. The van der Waals surface area contributed by atoms with Crippen molar-refractivity contribution >= 4 is 17.6 Å². The van der Waals surface area contributed by atoms with Crippen LogP contribution in [0.1, 0.15) is 22.8 Å². The number of ether oxygens (including phenoxy) is 2. The Kier molecular flexibility index (Phi) is 5.94. The second-order valence-electron chi connectivity index (χ2n) is 5.47. The topological polar surface area (TPSA) is 84.9 Å². The number of aromatic hydroxyl groups is 1. The zero-order valence-electron chi connectivity index (χ0n) is 14.3. The van der Waals surface area contributed by atoms with Gasteiger partial charge in [0.05, 0.1) is 12.7 Å². The molecule has 0 saturated heterocycles. The van der Waals surface area contributed by atoms with E-state index < -0.39 is 35.5 Å². The number of phenolic OH excluding ortho intramolecular Hbond substituents is 1. The summed E-state index contributed by atoms with van der Waals surface area (Å²) in [6, 6.07) is 8.19. The van der Waals surface area contributed by atoms with Crippen LogP contribution in [0, 0.1) is 0 Å². The standard InChI is InChI=1S/C18H16F3NO5/c1-10(27-17(25)13-7-4-8-14(26-2)15(13)23)16(24)22-12-6-3-5-11(9-12)18(19,20)21/h3-10,23H,1-2H3,(H,22,24)/t10-/m1/s1. The number of para-hydroxylation sites is 1. The summed E-state index contributed by atoms with van der Waals surface area (Å²) < 4.78 is 48.0. The van der Waals surface area contributed by atoms with E-state index in [1.165, 1.54) is 38.3 Å². The lowest BCUT2D eigenvalue weighted by molar-refractivity contribution is -0.137. The molecule has 0 saturated carbocycles. The van der Waals surface area contributed by atoms with E-state index in [-0.39, 0.29) is 17.0 Å². The highest BCUT2D eigenvalue weighted by Crippen LogP contribution is 2.31. The minimum absolute atomic E-state index is 0.0468. The van der Waals surface area contributed by atoms with E-state index >= 15 is 0 Å². The van der Waals surface area contributed by atoms with E-state index in [1.807, 2.05) is 0 Å². The van der Waals surface area contributed by atoms with E-state index in [2.05, 4.69) is 5.32 Å². The van der Waals surface area contributed by atoms with Crippen LogP contribution < -0.4 is 10.1 Å². The fourth-order valence-electron chi connectivity index (χ4n) is 2.15. The van der Waals surface area contributed by atoms with Crippen molar-refractivity contribution < 1.29 is 37.3 Å². The Labute approximate surface area is 152 Å². The number of hydrogen-bond acceptors (Lipinski definition) is 5. The first-order valence-electron chi connectivity index (χ1n) is 7.68. The minimum atomic E-state index is -4.55. The summed E-state index contributed by atoms with van der Waals surface area (Å²) in [4.78, 5) is 24.2. The van der Waals surface area contributed by atoms with Crippen LogP contribution in [0.2, 0.25) is 0 Å². The van der Waals surface area contributed by atoms with Crippen LogP contribution in [0.5, 0.6) is 11.5 Å². The zero-order valence-corrected chi connectivity index (χ0v) is 14.3. The van der Waals surface area contributed by atoms with Gasteiger partial charge in [-0.05, 0) is 37.3 Å². The Morgan fingerprint density at radius 3 is 2.44 bits per heavy atom. The van der Waals surface area contributed by atoms with Crippen molar-refractivity contribution in [3.05, 3.63) is 53.6 Å².